The zero-order chi connectivity index (χ0) is 14.1. The van der Waals surface area contributed by atoms with E-state index in [2.05, 4.69) is 24.2 Å². The zero-order valence-corrected chi connectivity index (χ0v) is 12.2. The van der Waals surface area contributed by atoms with Gasteiger partial charge in [-0.2, -0.15) is 5.10 Å². The number of aromatic nitrogens is 2. The van der Waals surface area contributed by atoms with Crippen molar-refractivity contribution in [3.8, 4) is 11.3 Å². The first-order valence-electron chi connectivity index (χ1n) is 6.47. The smallest absolute Gasteiger partial charge is 0.139 e. The van der Waals surface area contributed by atoms with Crippen molar-refractivity contribution in [1.82, 2.24) is 9.78 Å². The van der Waals surface area contributed by atoms with Gasteiger partial charge in [0.25, 0.3) is 0 Å². The van der Waals surface area contributed by atoms with Crippen molar-refractivity contribution >= 4 is 11.6 Å². The van der Waals surface area contributed by atoms with E-state index >= 15 is 0 Å². The molecule has 3 nitrogen and oxygen atoms in total. The van der Waals surface area contributed by atoms with Gasteiger partial charge in [-0.25, -0.2) is 0 Å². The van der Waals surface area contributed by atoms with Crippen LogP contribution in [-0.2, 0) is 6.54 Å². The lowest BCUT2D eigenvalue weighted by molar-refractivity contribution is 0.542. The molecule has 0 unspecified atom stereocenters. The van der Waals surface area contributed by atoms with Gasteiger partial charge in [0, 0.05) is 17.3 Å². The highest BCUT2D eigenvalue weighted by molar-refractivity contribution is 6.30. The number of hydrogen-bond donors (Lipinski definition) is 0. The number of halogens is 1. The number of nitrogens with zero attached hydrogens (tertiary/aromatic N) is 2. The number of benzene rings is 1. The molecule has 0 saturated carbocycles. The largest absolute Gasteiger partial charge is 0.461 e. The van der Waals surface area contributed by atoms with Crippen LogP contribution in [0, 0.1) is 13.8 Å². The van der Waals surface area contributed by atoms with Gasteiger partial charge >= 0.3 is 0 Å². The molecule has 3 aromatic rings. The highest BCUT2D eigenvalue weighted by atomic mass is 35.5. The van der Waals surface area contributed by atoms with Gasteiger partial charge in [0.2, 0.25) is 0 Å². The molecule has 2 aromatic heterocycles. The van der Waals surface area contributed by atoms with E-state index in [-0.39, 0.29) is 0 Å². The molecule has 0 radical (unpaired) electrons. The standard InChI is InChI=1S/C16H15ClN2O/c1-11-12(2)20-16(13-6-4-3-5-7-13)15(11)10-19-9-14(17)8-18-19/h3-9H,10H2,1-2H3. The summed E-state index contributed by atoms with van der Waals surface area (Å²) < 4.78 is 7.76. The quantitative estimate of drug-likeness (QED) is 0.711. The minimum absolute atomic E-state index is 0.643. The summed E-state index contributed by atoms with van der Waals surface area (Å²) in [6.45, 7) is 4.72. The Balaban J connectivity index is 2.05. The second kappa shape index (κ2) is 5.17. The zero-order valence-electron chi connectivity index (χ0n) is 11.4. The molecule has 0 aliphatic carbocycles. The number of furan rings is 1. The lowest BCUT2D eigenvalue weighted by Crippen LogP contribution is -2.01. The molecule has 0 atom stereocenters. The summed E-state index contributed by atoms with van der Waals surface area (Å²) in [7, 11) is 0. The van der Waals surface area contributed by atoms with Gasteiger partial charge in [-0.1, -0.05) is 41.9 Å². The maximum Gasteiger partial charge on any atom is 0.139 e. The molecule has 0 fully saturated rings. The van der Waals surface area contributed by atoms with Crippen molar-refractivity contribution < 1.29 is 4.42 Å². The van der Waals surface area contributed by atoms with Crippen LogP contribution in [0.15, 0.2) is 47.1 Å². The molecule has 0 bridgehead atoms. The molecule has 3 rings (SSSR count). The summed E-state index contributed by atoms with van der Waals surface area (Å²) >= 11 is 5.92. The van der Waals surface area contributed by atoms with Crippen molar-refractivity contribution in [2.45, 2.75) is 20.4 Å². The van der Waals surface area contributed by atoms with Crippen molar-refractivity contribution in [1.29, 1.82) is 0 Å². The normalized spacial score (nSPS) is 10.9. The Morgan fingerprint density at radius 1 is 1.20 bits per heavy atom. The monoisotopic (exact) mass is 286 g/mol. The van der Waals surface area contributed by atoms with Crippen molar-refractivity contribution in [3.63, 3.8) is 0 Å². The minimum atomic E-state index is 0.643. The molecule has 0 N–H and O–H groups in total. The Hall–Kier alpha value is -2.00. The van der Waals surface area contributed by atoms with Gasteiger partial charge in [-0.05, 0) is 19.4 Å². The average molecular weight is 287 g/mol. The van der Waals surface area contributed by atoms with Gasteiger partial charge in [0.15, 0.2) is 0 Å². The molecule has 0 saturated heterocycles. The van der Waals surface area contributed by atoms with E-state index < -0.39 is 0 Å². The van der Waals surface area contributed by atoms with Crippen molar-refractivity contribution in [3.05, 3.63) is 64.6 Å². The molecule has 2 heterocycles. The average Bonchev–Trinajstić information content (AvgIpc) is 2.98. The van der Waals surface area contributed by atoms with Crippen LogP contribution >= 0.6 is 11.6 Å². The third kappa shape index (κ3) is 2.37. The predicted octanol–water partition coefficient (Wildman–Crippen LogP) is 4.46. The molecule has 0 amide bonds. The van der Waals surface area contributed by atoms with E-state index in [9.17, 15) is 0 Å². The third-order valence-electron chi connectivity index (χ3n) is 3.47. The Morgan fingerprint density at radius 3 is 2.60 bits per heavy atom. The number of rotatable bonds is 3. The van der Waals surface area contributed by atoms with Crippen LogP contribution in [0.5, 0.6) is 0 Å². The SMILES string of the molecule is Cc1oc(-c2ccccc2)c(Cn2cc(Cl)cn2)c1C. The molecule has 1 aromatic carbocycles. The van der Waals surface area contributed by atoms with E-state index in [1.165, 1.54) is 0 Å². The van der Waals surface area contributed by atoms with Crippen LogP contribution in [0.2, 0.25) is 5.02 Å². The van der Waals surface area contributed by atoms with Crippen molar-refractivity contribution in [2.24, 2.45) is 0 Å². The Bertz CT molecular complexity index is 728. The summed E-state index contributed by atoms with van der Waals surface area (Å²) in [6, 6.07) is 10.1. The lowest BCUT2D eigenvalue weighted by atomic mass is 10.1. The van der Waals surface area contributed by atoms with E-state index in [0.717, 1.165) is 28.2 Å². The second-order valence-corrected chi connectivity index (χ2v) is 5.25. The molecule has 4 heteroatoms. The van der Waals surface area contributed by atoms with Crippen LogP contribution in [0.4, 0.5) is 0 Å². The lowest BCUT2D eigenvalue weighted by Gasteiger charge is -2.04. The maximum atomic E-state index is 5.94. The minimum Gasteiger partial charge on any atom is -0.461 e. The molecule has 20 heavy (non-hydrogen) atoms. The second-order valence-electron chi connectivity index (χ2n) is 4.81. The highest BCUT2D eigenvalue weighted by Gasteiger charge is 2.16. The topological polar surface area (TPSA) is 31.0 Å². The molecule has 0 spiro atoms. The van der Waals surface area contributed by atoms with Crippen molar-refractivity contribution in [2.75, 3.05) is 0 Å². The summed E-state index contributed by atoms with van der Waals surface area (Å²) in [5.41, 5.74) is 3.39. The van der Waals surface area contributed by atoms with Crippen LogP contribution < -0.4 is 0 Å². The van der Waals surface area contributed by atoms with Crippen LogP contribution in [0.25, 0.3) is 11.3 Å². The van der Waals surface area contributed by atoms with E-state index in [1.807, 2.05) is 36.0 Å². The van der Waals surface area contributed by atoms with E-state index in [0.29, 0.717) is 11.6 Å². The van der Waals surface area contributed by atoms with Crippen LogP contribution in [0.1, 0.15) is 16.9 Å². The summed E-state index contributed by atoms with van der Waals surface area (Å²) in [6.07, 6.45) is 3.46. The van der Waals surface area contributed by atoms with Crippen LogP contribution in [-0.4, -0.2) is 9.78 Å². The van der Waals surface area contributed by atoms with Crippen LogP contribution in [0.3, 0.4) is 0 Å². The summed E-state index contributed by atoms with van der Waals surface area (Å²) in [4.78, 5) is 0. The first-order chi connectivity index (χ1) is 9.65. The van der Waals surface area contributed by atoms with Gasteiger partial charge in [-0.15, -0.1) is 0 Å². The molecular weight excluding hydrogens is 272 g/mol. The highest BCUT2D eigenvalue weighted by Crippen LogP contribution is 2.31. The van der Waals surface area contributed by atoms with Gasteiger partial charge in [0.05, 0.1) is 17.8 Å². The molecule has 102 valence electrons. The molecular formula is C16H15ClN2O. The summed E-state index contributed by atoms with van der Waals surface area (Å²) in [5, 5.41) is 4.88. The fraction of sp³-hybridized carbons (Fsp3) is 0.188. The third-order valence-corrected chi connectivity index (χ3v) is 3.66. The first-order valence-corrected chi connectivity index (χ1v) is 6.85. The molecule has 0 aliphatic rings. The predicted molar refractivity (Wildman–Crippen MR) is 80.0 cm³/mol. The first kappa shape index (κ1) is 13.0. The Morgan fingerprint density at radius 2 is 1.95 bits per heavy atom. The summed E-state index contributed by atoms with van der Waals surface area (Å²) in [5.74, 6) is 1.85. The van der Waals surface area contributed by atoms with E-state index in [1.54, 1.807) is 6.20 Å². The number of aryl methyl sites for hydroxylation is 1. The Labute approximate surface area is 122 Å². The fourth-order valence-electron chi connectivity index (χ4n) is 2.27. The fourth-order valence-corrected chi connectivity index (χ4v) is 2.43. The Kier molecular flexibility index (Phi) is 3.36. The van der Waals surface area contributed by atoms with Gasteiger partial charge in [0.1, 0.15) is 11.5 Å². The van der Waals surface area contributed by atoms with E-state index in [4.69, 9.17) is 16.0 Å². The van der Waals surface area contributed by atoms with Gasteiger partial charge < -0.3 is 4.42 Å². The maximum absolute atomic E-state index is 5.94. The number of hydrogen-bond acceptors (Lipinski definition) is 2. The molecule has 0 aliphatic heterocycles. The van der Waals surface area contributed by atoms with Gasteiger partial charge in [-0.3, -0.25) is 4.68 Å².